The fourth-order valence-electron chi connectivity index (χ4n) is 2.06. The van der Waals surface area contributed by atoms with E-state index in [1.54, 1.807) is 24.3 Å². The Kier molecular flexibility index (Phi) is 6.26. The van der Waals surface area contributed by atoms with E-state index in [1.807, 2.05) is 6.92 Å². The molecule has 0 heterocycles. The standard InChI is InChI=1S/C16H22O3/c1-4-6-7-13(5-2)16(18)14-8-10-15(11-9-14)19-12(3)17/h8-11,13H,4-7H2,1-3H3. The van der Waals surface area contributed by atoms with E-state index in [0.717, 1.165) is 25.7 Å². The monoisotopic (exact) mass is 262 g/mol. The van der Waals surface area contributed by atoms with Crippen LogP contribution in [0.15, 0.2) is 24.3 Å². The van der Waals surface area contributed by atoms with Crippen LogP contribution in [0.3, 0.4) is 0 Å². The largest absolute Gasteiger partial charge is 0.427 e. The second-order valence-electron chi connectivity index (χ2n) is 4.73. The lowest BCUT2D eigenvalue weighted by atomic mass is 9.91. The smallest absolute Gasteiger partial charge is 0.308 e. The molecule has 0 aliphatic heterocycles. The van der Waals surface area contributed by atoms with Crippen LogP contribution in [0.25, 0.3) is 0 Å². The van der Waals surface area contributed by atoms with E-state index in [9.17, 15) is 9.59 Å². The van der Waals surface area contributed by atoms with Crippen molar-refractivity contribution in [3.05, 3.63) is 29.8 Å². The molecule has 0 bridgehead atoms. The SMILES string of the molecule is CCCCC(CC)C(=O)c1ccc(OC(C)=O)cc1. The zero-order valence-electron chi connectivity index (χ0n) is 11.9. The second kappa shape index (κ2) is 7.72. The number of rotatable bonds is 7. The lowest BCUT2D eigenvalue weighted by Gasteiger charge is -2.13. The molecule has 3 nitrogen and oxygen atoms in total. The first-order valence-electron chi connectivity index (χ1n) is 6.91. The van der Waals surface area contributed by atoms with Gasteiger partial charge in [0.15, 0.2) is 5.78 Å². The number of carbonyl (C=O) groups is 2. The van der Waals surface area contributed by atoms with Gasteiger partial charge in [-0.15, -0.1) is 0 Å². The molecule has 0 aromatic heterocycles. The summed E-state index contributed by atoms with van der Waals surface area (Å²) in [6.07, 6.45) is 3.99. The minimum Gasteiger partial charge on any atom is -0.427 e. The van der Waals surface area contributed by atoms with Crippen molar-refractivity contribution in [2.45, 2.75) is 46.5 Å². The Balaban J connectivity index is 2.73. The summed E-state index contributed by atoms with van der Waals surface area (Å²) in [4.78, 5) is 23.1. The molecular weight excluding hydrogens is 240 g/mol. The van der Waals surface area contributed by atoms with Crippen molar-refractivity contribution in [3.8, 4) is 5.75 Å². The number of ketones is 1. The summed E-state index contributed by atoms with van der Waals surface area (Å²) in [5.41, 5.74) is 0.693. The van der Waals surface area contributed by atoms with Gasteiger partial charge in [0.25, 0.3) is 0 Å². The predicted octanol–water partition coefficient (Wildman–Crippen LogP) is 4.01. The van der Waals surface area contributed by atoms with Gasteiger partial charge in [-0.05, 0) is 37.1 Å². The Morgan fingerprint density at radius 3 is 2.26 bits per heavy atom. The highest BCUT2D eigenvalue weighted by Crippen LogP contribution is 2.20. The van der Waals surface area contributed by atoms with Gasteiger partial charge in [0.1, 0.15) is 5.75 Å². The maximum Gasteiger partial charge on any atom is 0.308 e. The fraction of sp³-hybridized carbons (Fsp3) is 0.500. The fourth-order valence-corrected chi connectivity index (χ4v) is 2.06. The van der Waals surface area contributed by atoms with Crippen molar-refractivity contribution < 1.29 is 14.3 Å². The van der Waals surface area contributed by atoms with Gasteiger partial charge in [0, 0.05) is 18.4 Å². The number of hydrogen-bond donors (Lipinski definition) is 0. The van der Waals surface area contributed by atoms with Gasteiger partial charge in [-0.1, -0.05) is 26.7 Å². The molecule has 0 N–H and O–H groups in total. The van der Waals surface area contributed by atoms with Gasteiger partial charge < -0.3 is 4.74 Å². The molecule has 19 heavy (non-hydrogen) atoms. The molecule has 0 radical (unpaired) electrons. The van der Waals surface area contributed by atoms with Crippen molar-refractivity contribution in [2.24, 2.45) is 5.92 Å². The predicted molar refractivity (Wildman–Crippen MR) is 75.4 cm³/mol. The highest BCUT2D eigenvalue weighted by Gasteiger charge is 2.17. The third-order valence-electron chi connectivity index (χ3n) is 3.17. The molecule has 0 saturated carbocycles. The van der Waals surface area contributed by atoms with Crippen LogP contribution in [0.1, 0.15) is 56.8 Å². The van der Waals surface area contributed by atoms with Crippen molar-refractivity contribution in [1.29, 1.82) is 0 Å². The first kappa shape index (κ1) is 15.4. The van der Waals surface area contributed by atoms with Crippen LogP contribution in [0.2, 0.25) is 0 Å². The number of Topliss-reactive ketones (excluding diaryl/α,β-unsaturated/α-hetero) is 1. The average molecular weight is 262 g/mol. The van der Waals surface area contributed by atoms with Crippen LogP contribution in [0.4, 0.5) is 0 Å². The highest BCUT2D eigenvalue weighted by molar-refractivity contribution is 5.97. The molecule has 0 fully saturated rings. The minimum atomic E-state index is -0.353. The van der Waals surface area contributed by atoms with Gasteiger partial charge in [-0.3, -0.25) is 9.59 Å². The van der Waals surface area contributed by atoms with E-state index in [4.69, 9.17) is 4.74 Å². The highest BCUT2D eigenvalue weighted by atomic mass is 16.5. The number of unbranched alkanes of at least 4 members (excludes halogenated alkanes) is 1. The Labute approximate surface area is 115 Å². The summed E-state index contributed by atoms with van der Waals surface area (Å²) in [5, 5.41) is 0. The molecule has 1 unspecified atom stereocenters. The molecular formula is C16H22O3. The van der Waals surface area contributed by atoms with Crippen LogP contribution >= 0.6 is 0 Å². The lowest BCUT2D eigenvalue weighted by molar-refractivity contribution is -0.131. The van der Waals surface area contributed by atoms with Crippen LogP contribution < -0.4 is 4.74 Å². The second-order valence-corrected chi connectivity index (χ2v) is 4.73. The van der Waals surface area contributed by atoms with E-state index in [1.165, 1.54) is 6.92 Å². The van der Waals surface area contributed by atoms with Gasteiger partial charge in [-0.2, -0.15) is 0 Å². The lowest BCUT2D eigenvalue weighted by Crippen LogP contribution is -2.14. The van der Waals surface area contributed by atoms with Crippen LogP contribution in [-0.2, 0) is 4.79 Å². The van der Waals surface area contributed by atoms with Crippen LogP contribution in [0, 0.1) is 5.92 Å². The Morgan fingerprint density at radius 2 is 1.79 bits per heavy atom. The van der Waals surface area contributed by atoms with E-state index in [2.05, 4.69) is 6.92 Å². The molecule has 104 valence electrons. The van der Waals surface area contributed by atoms with Crippen molar-refractivity contribution >= 4 is 11.8 Å². The molecule has 0 saturated heterocycles. The molecule has 1 rings (SSSR count). The summed E-state index contributed by atoms with van der Waals surface area (Å²) in [6, 6.07) is 6.80. The van der Waals surface area contributed by atoms with Crippen molar-refractivity contribution in [3.63, 3.8) is 0 Å². The van der Waals surface area contributed by atoms with Gasteiger partial charge in [0.05, 0.1) is 0 Å². The zero-order chi connectivity index (χ0) is 14.3. The van der Waals surface area contributed by atoms with Crippen molar-refractivity contribution in [1.82, 2.24) is 0 Å². The van der Waals surface area contributed by atoms with E-state index >= 15 is 0 Å². The molecule has 3 heteroatoms. The summed E-state index contributed by atoms with van der Waals surface area (Å²) in [6.45, 7) is 5.54. The zero-order valence-corrected chi connectivity index (χ0v) is 11.9. The average Bonchev–Trinajstić information content (AvgIpc) is 2.39. The summed E-state index contributed by atoms with van der Waals surface area (Å²) in [7, 11) is 0. The maximum absolute atomic E-state index is 12.3. The summed E-state index contributed by atoms with van der Waals surface area (Å²) < 4.78 is 4.95. The number of esters is 1. The Morgan fingerprint density at radius 1 is 1.16 bits per heavy atom. The quantitative estimate of drug-likeness (QED) is 0.423. The molecule has 1 aromatic rings. The number of ether oxygens (including phenoxy) is 1. The first-order valence-corrected chi connectivity index (χ1v) is 6.91. The summed E-state index contributed by atoms with van der Waals surface area (Å²) >= 11 is 0. The molecule has 1 aromatic carbocycles. The van der Waals surface area contributed by atoms with Crippen molar-refractivity contribution in [2.75, 3.05) is 0 Å². The Hall–Kier alpha value is -1.64. The topological polar surface area (TPSA) is 43.4 Å². The van der Waals surface area contributed by atoms with E-state index in [-0.39, 0.29) is 17.7 Å². The molecule has 1 atom stereocenters. The Bertz CT molecular complexity index is 420. The van der Waals surface area contributed by atoms with Crippen LogP contribution in [0.5, 0.6) is 5.75 Å². The normalized spacial score (nSPS) is 11.9. The van der Waals surface area contributed by atoms with E-state index < -0.39 is 0 Å². The molecule has 0 aliphatic rings. The number of benzene rings is 1. The molecule has 0 spiro atoms. The first-order chi connectivity index (χ1) is 9.08. The maximum atomic E-state index is 12.3. The molecule has 0 amide bonds. The van der Waals surface area contributed by atoms with Crippen LogP contribution in [-0.4, -0.2) is 11.8 Å². The van der Waals surface area contributed by atoms with Gasteiger partial charge >= 0.3 is 5.97 Å². The minimum absolute atomic E-state index is 0.0968. The molecule has 0 aliphatic carbocycles. The van der Waals surface area contributed by atoms with Gasteiger partial charge in [0.2, 0.25) is 0 Å². The number of hydrogen-bond acceptors (Lipinski definition) is 3. The number of carbonyl (C=O) groups excluding carboxylic acids is 2. The third kappa shape index (κ3) is 4.86. The third-order valence-corrected chi connectivity index (χ3v) is 3.17. The summed E-state index contributed by atoms with van der Waals surface area (Å²) in [5.74, 6) is 0.406. The van der Waals surface area contributed by atoms with Gasteiger partial charge in [-0.25, -0.2) is 0 Å². The van der Waals surface area contributed by atoms with E-state index in [0.29, 0.717) is 11.3 Å².